The lowest BCUT2D eigenvalue weighted by Crippen LogP contribution is -2.45. The zero-order valence-electron chi connectivity index (χ0n) is 13.1. The summed E-state index contributed by atoms with van der Waals surface area (Å²) < 4.78 is 31.5. The molecule has 3 rings (SSSR count). The van der Waals surface area contributed by atoms with Crippen molar-refractivity contribution in [2.45, 2.75) is 25.3 Å². The lowest BCUT2D eigenvalue weighted by atomic mass is 10.0. The lowest BCUT2D eigenvalue weighted by Gasteiger charge is -2.33. The SMILES string of the molecule is O=C(NC1CCN(CC2CCOC2)CC1)c1ccc(F)c(F)c1. The summed E-state index contributed by atoms with van der Waals surface area (Å²) in [5.74, 6) is -1.65. The van der Waals surface area contributed by atoms with Crippen molar-refractivity contribution >= 4 is 5.91 Å². The van der Waals surface area contributed by atoms with E-state index in [2.05, 4.69) is 10.2 Å². The second-order valence-corrected chi connectivity index (χ2v) is 6.41. The minimum absolute atomic E-state index is 0.0895. The molecule has 2 fully saturated rings. The van der Waals surface area contributed by atoms with Gasteiger partial charge in [-0.25, -0.2) is 8.78 Å². The number of hydrogen-bond acceptors (Lipinski definition) is 3. The van der Waals surface area contributed by atoms with Gasteiger partial charge in [-0.2, -0.15) is 0 Å². The maximum atomic E-state index is 13.2. The first-order valence-corrected chi connectivity index (χ1v) is 8.18. The summed E-state index contributed by atoms with van der Waals surface area (Å²) >= 11 is 0. The van der Waals surface area contributed by atoms with Gasteiger partial charge in [-0.15, -0.1) is 0 Å². The first kappa shape index (κ1) is 16.3. The molecular weight excluding hydrogens is 302 g/mol. The summed E-state index contributed by atoms with van der Waals surface area (Å²) in [5, 5.41) is 2.92. The molecule has 1 aromatic rings. The highest BCUT2D eigenvalue weighted by Crippen LogP contribution is 2.18. The second-order valence-electron chi connectivity index (χ2n) is 6.41. The van der Waals surface area contributed by atoms with Crippen LogP contribution in [-0.2, 0) is 4.74 Å². The first-order valence-electron chi connectivity index (χ1n) is 8.18. The predicted octanol–water partition coefficient (Wildman–Crippen LogP) is 2.20. The number of nitrogens with one attached hydrogen (secondary N) is 1. The van der Waals surface area contributed by atoms with E-state index < -0.39 is 11.6 Å². The van der Waals surface area contributed by atoms with Gasteiger partial charge < -0.3 is 15.0 Å². The van der Waals surface area contributed by atoms with Crippen molar-refractivity contribution in [2.75, 3.05) is 32.8 Å². The Morgan fingerprint density at radius 3 is 2.65 bits per heavy atom. The number of ether oxygens (including phenoxy) is 1. The normalized spacial score (nSPS) is 23.1. The Kier molecular flexibility index (Phi) is 5.23. The number of hydrogen-bond donors (Lipinski definition) is 1. The Morgan fingerprint density at radius 1 is 1.22 bits per heavy atom. The number of nitrogens with zero attached hydrogens (tertiary/aromatic N) is 1. The van der Waals surface area contributed by atoms with Gasteiger partial charge in [0.15, 0.2) is 11.6 Å². The fourth-order valence-corrected chi connectivity index (χ4v) is 3.26. The molecule has 1 unspecified atom stereocenters. The quantitative estimate of drug-likeness (QED) is 0.923. The average molecular weight is 324 g/mol. The van der Waals surface area contributed by atoms with Crippen LogP contribution in [0.5, 0.6) is 0 Å². The highest BCUT2D eigenvalue weighted by atomic mass is 19.2. The third kappa shape index (κ3) is 4.26. The van der Waals surface area contributed by atoms with Crippen molar-refractivity contribution in [3.63, 3.8) is 0 Å². The molecule has 6 heteroatoms. The standard InChI is InChI=1S/C17H22F2N2O2/c18-15-2-1-13(9-16(15)19)17(22)20-14-3-6-21(7-4-14)10-12-5-8-23-11-12/h1-2,9,12,14H,3-8,10-11H2,(H,20,22). The lowest BCUT2D eigenvalue weighted by molar-refractivity contribution is 0.0902. The van der Waals surface area contributed by atoms with Gasteiger partial charge >= 0.3 is 0 Å². The van der Waals surface area contributed by atoms with E-state index in [0.29, 0.717) is 5.92 Å². The predicted molar refractivity (Wildman–Crippen MR) is 82.2 cm³/mol. The third-order valence-electron chi connectivity index (χ3n) is 4.64. The van der Waals surface area contributed by atoms with E-state index in [4.69, 9.17) is 4.74 Å². The van der Waals surface area contributed by atoms with Crippen LogP contribution in [0.4, 0.5) is 8.78 Å². The van der Waals surface area contributed by atoms with Crippen LogP contribution in [0.1, 0.15) is 29.6 Å². The molecule has 2 aliphatic rings. The summed E-state index contributed by atoms with van der Waals surface area (Å²) in [7, 11) is 0. The number of piperidine rings is 1. The Morgan fingerprint density at radius 2 is 2.00 bits per heavy atom. The topological polar surface area (TPSA) is 41.6 Å². The van der Waals surface area contributed by atoms with Crippen LogP contribution in [-0.4, -0.2) is 49.7 Å². The molecule has 2 saturated heterocycles. The van der Waals surface area contributed by atoms with Crippen molar-refractivity contribution in [3.05, 3.63) is 35.4 Å². The number of benzene rings is 1. The van der Waals surface area contributed by atoms with Crippen molar-refractivity contribution in [1.82, 2.24) is 10.2 Å². The van der Waals surface area contributed by atoms with Gasteiger partial charge in [0.2, 0.25) is 0 Å². The molecule has 0 spiro atoms. The largest absolute Gasteiger partial charge is 0.381 e. The Bertz CT molecular complexity index is 554. The van der Waals surface area contributed by atoms with Gasteiger partial charge in [-0.05, 0) is 43.4 Å². The highest BCUT2D eigenvalue weighted by Gasteiger charge is 2.25. The molecule has 126 valence electrons. The van der Waals surface area contributed by atoms with E-state index in [0.717, 1.165) is 64.2 Å². The van der Waals surface area contributed by atoms with Gasteiger partial charge in [0, 0.05) is 37.8 Å². The zero-order valence-corrected chi connectivity index (χ0v) is 13.1. The molecule has 1 atom stereocenters. The zero-order chi connectivity index (χ0) is 16.2. The minimum atomic E-state index is -0.994. The number of carbonyl (C=O) groups is 1. The maximum Gasteiger partial charge on any atom is 0.251 e. The molecule has 1 N–H and O–H groups in total. The number of carbonyl (C=O) groups excluding carboxylic acids is 1. The molecule has 1 amide bonds. The van der Waals surface area contributed by atoms with E-state index >= 15 is 0 Å². The molecule has 0 saturated carbocycles. The van der Waals surface area contributed by atoms with Crippen LogP contribution in [0.3, 0.4) is 0 Å². The summed E-state index contributed by atoms with van der Waals surface area (Å²) in [5.41, 5.74) is 0.162. The smallest absolute Gasteiger partial charge is 0.251 e. The summed E-state index contributed by atoms with van der Waals surface area (Å²) in [4.78, 5) is 14.5. The Balaban J connectivity index is 1.46. The van der Waals surface area contributed by atoms with Gasteiger partial charge in [0.05, 0.1) is 6.61 Å². The van der Waals surface area contributed by atoms with Crippen LogP contribution >= 0.6 is 0 Å². The molecule has 4 nitrogen and oxygen atoms in total. The molecule has 2 heterocycles. The van der Waals surface area contributed by atoms with E-state index in [1.54, 1.807) is 0 Å². The third-order valence-corrected chi connectivity index (χ3v) is 4.64. The highest BCUT2D eigenvalue weighted by molar-refractivity contribution is 5.94. The fourth-order valence-electron chi connectivity index (χ4n) is 3.26. The number of halogens is 2. The van der Waals surface area contributed by atoms with E-state index in [1.165, 1.54) is 6.07 Å². The van der Waals surface area contributed by atoms with Gasteiger partial charge in [0.25, 0.3) is 5.91 Å². The molecule has 0 aliphatic carbocycles. The molecule has 0 radical (unpaired) electrons. The summed E-state index contributed by atoms with van der Waals surface area (Å²) in [6.07, 6.45) is 2.89. The van der Waals surface area contributed by atoms with Crippen molar-refractivity contribution in [1.29, 1.82) is 0 Å². The molecule has 0 aromatic heterocycles. The fraction of sp³-hybridized carbons (Fsp3) is 0.588. The van der Waals surface area contributed by atoms with Crippen LogP contribution in [0, 0.1) is 17.6 Å². The second kappa shape index (κ2) is 7.36. The van der Waals surface area contributed by atoms with Gasteiger partial charge in [-0.3, -0.25) is 4.79 Å². The van der Waals surface area contributed by atoms with Crippen LogP contribution in [0.25, 0.3) is 0 Å². The molecule has 1 aromatic carbocycles. The number of likely N-dealkylation sites (tertiary alicyclic amines) is 1. The number of rotatable bonds is 4. The Labute approximate surface area is 134 Å². The average Bonchev–Trinajstić information content (AvgIpc) is 3.05. The monoisotopic (exact) mass is 324 g/mol. The van der Waals surface area contributed by atoms with E-state index in [1.807, 2.05) is 0 Å². The first-order chi connectivity index (χ1) is 11.1. The van der Waals surface area contributed by atoms with Gasteiger partial charge in [0.1, 0.15) is 0 Å². The maximum absolute atomic E-state index is 13.2. The summed E-state index contributed by atoms with van der Waals surface area (Å²) in [6, 6.07) is 3.33. The molecule has 2 aliphatic heterocycles. The number of amides is 1. The van der Waals surface area contributed by atoms with Crippen molar-refractivity contribution in [3.8, 4) is 0 Å². The van der Waals surface area contributed by atoms with Crippen molar-refractivity contribution in [2.24, 2.45) is 5.92 Å². The van der Waals surface area contributed by atoms with Gasteiger partial charge in [-0.1, -0.05) is 0 Å². The van der Waals surface area contributed by atoms with Crippen LogP contribution < -0.4 is 5.32 Å². The molecular formula is C17H22F2N2O2. The van der Waals surface area contributed by atoms with Crippen molar-refractivity contribution < 1.29 is 18.3 Å². The van der Waals surface area contributed by atoms with Crippen LogP contribution in [0.2, 0.25) is 0 Å². The Hall–Kier alpha value is -1.53. The summed E-state index contributed by atoms with van der Waals surface area (Å²) in [6.45, 7) is 4.67. The minimum Gasteiger partial charge on any atom is -0.381 e. The molecule has 23 heavy (non-hydrogen) atoms. The van der Waals surface area contributed by atoms with E-state index in [-0.39, 0.29) is 17.5 Å². The van der Waals surface area contributed by atoms with Crippen LogP contribution in [0.15, 0.2) is 18.2 Å². The van der Waals surface area contributed by atoms with E-state index in [9.17, 15) is 13.6 Å². The molecule has 0 bridgehead atoms.